The van der Waals surface area contributed by atoms with E-state index in [1.165, 1.54) is 0 Å². The summed E-state index contributed by atoms with van der Waals surface area (Å²) in [5.74, 6) is -0.153. The minimum Gasteiger partial charge on any atom is -0.460 e. The van der Waals surface area contributed by atoms with Crippen molar-refractivity contribution in [3.63, 3.8) is 0 Å². The van der Waals surface area contributed by atoms with E-state index in [0.717, 1.165) is 22.7 Å². The summed E-state index contributed by atoms with van der Waals surface area (Å²) in [5, 5.41) is 4.03. The van der Waals surface area contributed by atoms with E-state index in [0.29, 0.717) is 6.54 Å². The van der Waals surface area contributed by atoms with Crippen LogP contribution in [0.3, 0.4) is 0 Å². The summed E-state index contributed by atoms with van der Waals surface area (Å²) in [6.07, 6.45) is 0. The summed E-state index contributed by atoms with van der Waals surface area (Å²) in [6, 6.07) is 6.02. The van der Waals surface area contributed by atoms with E-state index in [1.54, 1.807) is 0 Å². The molecule has 20 heavy (non-hydrogen) atoms. The number of halogens is 1. The molecule has 1 aromatic carbocycles. The number of carbonyl (C=O) groups excluding carboxylic acids is 1. The van der Waals surface area contributed by atoms with Gasteiger partial charge in [0.25, 0.3) is 0 Å². The Kier molecular flexibility index (Phi) is 4.40. The van der Waals surface area contributed by atoms with E-state index >= 15 is 0 Å². The molecule has 2 rings (SSSR count). The van der Waals surface area contributed by atoms with E-state index < -0.39 is 5.60 Å². The highest BCUT2D eigenvalue weighted by Gasteiger charge is 2.36. The van der Waals surface area contributed by atoms with Crippen molar-refractivity contribution in [2.45, 2.75) is 39.2 Å². The molecule has 2 unspecified atom stereocenters. The molecule has 0 amide bonds. The molecule has 110 valence electrons. The van der Waals surface area contributed by atoms with Crippen LogP contribution in [0.15, 0.2) is 18.2 Å². The molecule has 0 spiro atoms. The van der Waals surface area contributed by atoms with Crippen molar-refractivity contribution in [3.05, 3.63) is 34.3 Å². The number of carbonyl (C=O) groups is 1. The lowest BCUT2D eigenvalue weighted by Crippen LogP contribution is -2.31. The van der Waals surface area contributed by atoms with Gasteiger partial charge in [-0.1, -0.05) is 23.7 Å². The van der Waals surface area contributed by atoms with Gasteiger partial charge >= 0.3 is 5.97 Å². The number of hydrogen-bond donors (Lipinski definition) is 1. The molecule has 1 heterocycles. The second kappa shape index (κ2) is 5.74. The number of rotatable bonds is 2. The van der Waals surface area contributed by atoms with Crippen molar-refractivity contribution in [1.29, 1.82) is 0 Å². The third-order valence-electron chi connectivity index (χ3n) is 3.55. The first-order valence-corrected chi connectivity index (χ1v) is 7.35. The SMILES string of the molecule is Cc1ccc(C2CNCC2C(=O)OC(C)(C)C)cc1Cl. The zero-order valence-corrected chi connectivity index (χ0v) is 13.3. The fraction of sp³-hybridized carbons (Fsp3) is 0.562. The maximum absolute atomic E-state index is 12.3. The van der Waals surface area contributed by atoms with Crippen molar-refractivity contribution in [1.82, 2.24) is 5.32 Å². The van der Waals surface area contributed by atoms with Crippen LogP contribution in [-0.2, 0) is 9.53 Å². The van der Waals surface area contributed by atoms with Gasteiger partial charge in [0.1, 0.15) is 5.60 Å². The molecular formula is C16H22ClNO2. The van der Waals surface area contributed by atoms with Crippen molar-refractivity contribution in [2.24, 2.45) is 5.92 Å². The number of nitrogens with one attached hydrogen (secondary N) is 1. The Balaban J connectivity index is 2.18. The number of hydrogen-bond acceptors (Lipinski definition) is 3. The van der Waals surface area contributed by atoms with Crippen molar-refractivity contribution in [3.8, 4) is 0 Å². The fourth-order valence-electron chi connectivity index (χ4n) is 2.49. The molecule has 1 aliphatic heterocycles. The first kappa shape index (κ1) is 15.3. The van der Waals surface area contributed by atoms with Crippen LogP contribution in [0.2, 0.25) is 5.02 Å². The summed E-state index contributed by atoms with van der Waals surface area (Å²) in [4.78, 5) is 12.3. The standard InChI is InChI=1S/C16H22ClNO2/c1-10-5-6-11(7-14(10)17)12-8-18-9-13(12)15(19)20-16(2,3)4/h5-7,12-13,18H,8-9H2,1-4H3. The smallest absolute Gasteiger partial charge is 0.311 e. The van der Waals surface area contributed by atoms with Crippen LogP contribution in [-0.4, -0.2) is 24.7 Å². The molecule has 3 nitrogen and oxygen atoms in total. The Morgan fingerprint density at radius 1 is 1.35 bits per heavy atom. The molecule has 1 fully saturated rings. The molecule has 0 radical (unpaired) electrons. The van der Waals surface area contributed by atoms with E-state index in [1.807, 2.05) is 39.8 Å². The van der Waals surface area contributed by atoms with Crippen LogP contribution in [0.1, 0.15) is 37.8 Å². The molecule has 1 aromatic rings. The van der Waals surface area contributed by atoms with E-state index in [-0.39, 0.29) is 17.8 Å². The molecule has 0 aromatic heterocycles. The zero-order valence-electron chi connectivity index (χ0n) is 12.5. The number of aryl methyl sites for hydroxylation is 1. The Morgan fingerprint density at radius 3 is 2.65 bits per heavy atom. The maximum atomic E-state index is 12.3. The topological polar surface area (TPSA) is 38.3 Å². The second-order valence-corrected chi connectivity index (χ2v) is 6.82. The zero-order chi connectivity index (χ0) is 14.9. The highest BCUT2D eigenvalue weighted by Crippen LogP contribution is 2.32. The van der Waals surface area contributed by atoms with E-state index in [2.05, 4.69) is 11.4 Å². The van der Waals surface area contributed by atoms with Crippen LogP contribution in [0.5, 0.6) is 0 Å². The van der Waals surface area contributed by atoms with Gasteiger partial charge in [0.15, 0.2) is 0 Å². The summed E-state index contributed by atoms with van der Waals surface area (Å²) < 4.78 is 5.52. The van der Waals surface area contributed by atoms with Gasteiger partial charge in [-0.25, -0.2) is 0 Å². The first-order valence-electron chi connectivity index (χ1n) is 6.97. The molecule has 0 aliphatic carbocycles. The molecule has 2 atom stereocenters. The van der Waals surface area contributed by atoms with Gasteiger partial charge in [-0.2, -0.15) is 0 Å². The van der Waals surface area contributed by atoms with Gasteiger partial charge in [-0.3, -0.25) is 4.79 Å². The minimum atomic E-state index is -0.449. The van der Waals surface area contributed by atoms with Crippen LogP contribution in [0.4, 0.5) is 0 Å². The predicted octanol–water partition coefficient (Wildman–Crippen LogP) is 3.29. The minimum absolute atomic E-state index is 0.128. The lowest BCUT2D eigenvalue weighted by atomic mass is 9.88. The van der Waals surface area contributed by atoms with Gasteiger partial charge in [-0.15, -0.1) is 0 Å². The summed E-state index contributed by atoms with van der Waals surface area (Å²) in [6.45, 7) is 9.10. The Labute approximate surface area is 125 Å². The Morgan fingerprint density at radius 2 is 2.05 bits per heavy atom. The van der Waals surface area contributed by atoms with Gasteiger partial charge in [-0.05, 0) is 44.9 Å². The molecule has 0 saturated carbocycles. The quantitative estimate of drug-likeness (QED) is 0.851. The lowest BCUT2D eigenvalue weighted by molar-refractivity contribution is -0.159. The van der Waals surface area contributed by atoms with Gasteiger partial charge in [0.05, 0.1) is 5.92 Å². The number of esters is 1. The fourth-order valence-corrected chi connectivity index (χ4v) is 2.68. The number of ether oxygens (including phenoxy) is 1. The van der Waals surface area contributed by atoms with Crippen molar-refractivity contribution in [2.75, 3.05) is 13.1 Å². The van der Waals surface area contributed by atoms with E-state index in [9.17, 15) is 4.79 Å². The van der Waals surface area contributed by atoms with E-state index in [4.69, 9.17) is 16.3 Å². The van der Waals surface area contributed by atoms with Gasteiger partial charge < -0.3 is 10.1 Å². The third kappa shape index (κ3) is 3.53. The molecule has 1 aliphatic rings. The molecule has 4 heteroatoms. The molecule has 0 bridgehead atoms. The highest BCUT2D eigenvalue weighted by atomic mass is 35.5. The van der Waals surface area contributed by atoms with Crippen LogP contribution in [0.25, 0.3) is 0 Å². The third-order valence-corrected chi connectivity index (χ3v) is 3.95. The monoisotopic (exact) mass is 295 g/mol. The van der Waals surface area contributed by atoms with Crippen LogP contribution < -0.4 is 5.32 Å². The maximum Gasteiger partial charge on any atom is 0.311 e. The average molecular weight is 296 g/mol. The summed E-state index contributed by atoms with van der Waals surface area (Å²) >= 11 is 6.19. The second-order valence-electron chi connectivity index (χ2n) is 6.41. The highest BCUT2D eigenvalue weighted by molar-refractivity contribution is 6.31. The first-order chi connectivity index (χ1) is 9.28. The van der Waals surface area contributed by atoms with Crippen molar-refractivity contribution < 1.29 is 9.53 Å². The molecule has 1 saturated heterocycles. The summed E-state index contributed by atoms with van der Waals surface area (Å²) in [7, 11) is 0. The lowest BCUT2D eigenvalue weighted by Gasteiger charge is -2.24. The van der Waals surface area contributed by atoms with Gasteiger partial charge in [0.2, 0.25) is 0 Å². The average Bonchev–Trinajstić information content (AvgIpc) is 2.79. The molecule has 1 N–H and O–H groups in total. The summed E-state index contributed by atoms with van der Waals surface area (Å²) in [5.41, 5.74) is 1.70. The predicted molar refractivity (Wildman–Crippen MR) is 81.1 cm³/mol. The normalized spacial score (nSPS) is 22.9. The largest absolute Gasteiger partial charge is 0.460 e. The van der Waals surface area contributed by atoms with Crippen LogP contribution in [0, 0.1) is 12.8 Å². The van der Waals surface area contributed by atoms with Crippen molar-refractivity contribution >= 4 is 17.6 Å². The Bertz CT molecular complexity index is 508. The van der Waals surface area contributed by atoms with Gasteiger partial charge in [0, 0.05) is 24.0 Å². The Hall–Kier alpha value is -1.06. The van der Waals surface area contributed by atoms with Crippen LogP contribution >= 0.6 is 11.6 Å². The molecular weight excluding hydrogens is 274 g/mol. The number of benzene rings is 1.